The van der Waals surface area contributed by atoms with Crippen LogP contribution in [0.15, 0.2) is 24.3 Å². The minimum absolute atomic E-state index is 0.678. The van der Waals surface area contributed by atoms with Crippen LogP contribution in [0.4, 0.5) is 11.4 Å². The number of nitrogen functional groups attached to an aromatic ring is 1. The fourth-order valence-electron chi connectivity index (χ4n) is 3.14. The second-order valence-electron chi connectivity index (χ2n) is 5.77. The zero-order valence-corrected chi connectivity index (χ0v) is 11.2. The number of hydrogen-bond acceptors (Lipinski definition) is 2. The van der Waals surface area contributed by atoms with Crippen LogP contribution in [0.25, 0.3) is 0 Å². The second-order valence-corrected chi connectivity index (χ2v) is 5.77. The van der Waals surface area contributed by atoms with E-state index in [1.54, 1.807) is 0 Å². The van der Waals surface area contributed by atoms with Crippen LogP contribution >= 0.6 is 0 Å². The highest BCUT2D eigenvalue weighted by Crippen LogP contribution is 2.33. The summed E-state index contributed by atoms with van der Waals surface area (Å²) in [5.41, 5.74) is 7.85. The molecule has 2 nitrogen and oxygen atoms in total. The van der Waals surface area contributed by atoms with Gasteiger partial charge in [0.25, 0.3) is 0 Å². The summed E-state index contributed by atoms with van der Waals surface area (Å²) < 4.78 is 0. The number of nitrogens with two attached hydrogens (primary N) is 1. The van der Waals surface area contributed by atoms with Crippen LogP contribution in [0, 0.1) is 11.8 Å². The van der Waals surface area contributed by atoms with Gasteiger partial charge in [0.1, 0.15) is 0 Å². The lowest BCUT2D eigenvalue weighted by molar-refractivity contribution is 0.264. The Kier molecular flexibility index (Phi) is 3.60. The zero-order chi connectivity index (χ0) is 12.4. The van der Waals surface area contributed by atoms with Gasteiger partial charge in [-0.15, -0.1) is 0 Å². The molecular formula is C15H24N2. The van der Waals surface area contributed by atoms with Crippen molar-refractivity contribution in [2.75, 3.05) is 17.7 Å². The van der Waals surface area contributed by atoms with Crippen LogP contribution in [0.5, 0.6) is 0 Å². The van der Waals surface area contributed by atoms with E-state index in [2.05, 4.69) is 37.9 Å². The largest absolute Gasteiger partial charge is 0.399 e. The smallest absolute Gasteiger partial charge is 0.0367 e. The summed E-state index contributed by atoms with van der Waals surface area (Å²) in [5.74, 6) is 1.69. The molecule has 2 atom stereocenters. The Morgan fingerprint density at radius 2 is 1.53 bits per heavy atom. The minimum Gasteiger partial charge on any atom is -0.399 e. The van der Waals surface area contributed by atoms with Crippen LogP contribution in [0.1, 0.15) is 33.1 Å². The van der Waals surface area contributed by atoms with E-state index in [9.17, 15) is 0 Å². The lowest BCUT2D eigenvalue weighted by atomic mass is 9.80. The van der Waals surface area contributed by atoms with E-state index in [1.807, 2.05) is 12.1 Å². The molecule has 2 unspecified atom stereocenters. The van der Waals surface area contributed by atoms with Gasteiger partial charge >= 0.3 is 0 Å². The minimum atomic E-state index is 0.678. The molecule has 1 aliphatic rings. The highest BCUT2D eigenvalue weighted by atomic mass is 15.1. The van der Waals surface area contributed by atoms with Gasteiger partial charge in [-0.3, -0.25) is 0 Å². The van der Waals surface area contributed by atoms with E-state index < -0.39 is 0 Å². The Labute approximate surface area is 105 Å². The molecule has 1 aliphatic carbocycles. The third-order valence-electron chi connectivity index (χ3n) is 4.00. The van der Waals surface area contributed by atoms with Crippen molar-refractivity contribution < 1.29 is 0 Å². The molecule has 0 radical (unpaired) electrons. The van der Waals surface area contributed by atoms with Gasteiger partial charge in [-0.05, 0) is 55.4 Å². The SMILES string of the molecule is CC1CC(C)CC(N(C)c2ccc(N)cc2)C1. The molecule has 0 aliphatic heterocycles. The molecule has 1 fully saturated rings. The van der Waals surface area contributed by atoms with Crippen molar-refractivity contribution in [2.45, 2.75) is 39.2 Å². The molecule has 2 N–H and O–H groups in total. The summed E-state index contributed by atoms with van der Waals surface area (Å²) in [6, 6.07) is 8.90. The number of anilines is 2. The van der Waals surface area contributed by atoms with E-state index in [4.69, 9.17) is 5.73 Å². The van der Waals surface area contributed by atoms with Crippen LogP contribution in [0.2, 0.25) is 0 Å². The first kappa shape index (κ1) is 12.3. The maximum absolute atomic E-state index is 5.73. The Hall–Kier alpha value is -1.18. The standard InChI is InChI=1S/C15H24N2/c1-11-8-12(2)10-15(9-11)17(3)14-6-4-13(16)5-7-14/h4-7,11-12,15H,8-10,16H2,1-3H3. The summed E-state index contributed by atoms with van der Waals surface area (Å²) in [5, 5.41) is 0. The Balaban J connectivity index is 2.08. The molecule has 0 saturated heterocycles. The van der Waals surface area contributed by atoms with Crippen LogP contribution in [0.3, 0.4) is 0 Å². The number of nitrogens with zero attached hydrogens (tertiary/aromatic N) is 1. The van der Waals surface area contributed by atoms with Gasteiger partial charge < -0.3 is 10.6 Å². The molecule has 17 heavy (non-hydrogen) atoms. The van der Waals surface area contributed by atoms with Gasteiger partial charge in [-0.25, -0.2) is 0 Å². The molecule has 0 bridgehead atoms. The van der Waals surface area contributed by atoms with Crippen molar-refractivity contribution in [3.05, 3.63) is 24.3 Å². The molecule has 1 aromatic carbocycles. The second kappa shape index (κ2) is 4.99. The van der Waals surface area contributed by atoms with Crippen molar-refractivity contribution in [1.82, 2.24) is 0 Å². The summed E-state index contributed by atoms with van der Waals surface area (Å²) in [6.07, 6.45) is 4.00. The highest BCUT2D eigenvalue weighted by Gasteiger charge is 2.26. The van der Waals surface area contributed by atoms with Crippen molar-refractivity contribution in [1.29, 1.82) is 0 Å². The summed E-state index contributed by atoms with van der Waals surface area (Å²) in [4.78, 5) is 2.42. The molecule has 0 spiro atoms. The van der Waals surface area contributed by atoms with E-state index in [0.717, 1.165) is 17.5 Å². The van der Waals surface area contributed by atoms with E-state index in [-0.39, 0.29) is 0 Å². The zero-order valence-electron chi connectivity index (χ0n) is 11.2. The summed E-state index contributed by atoms with van der Waals surface area (Å²) in [7, 11) is 2.21. The normalized spacial score (nSPS) is 29.0. The number of rotatable bonds is 2. The predicted octanol–water partition coefficient (Wildman–Crippen LogP) is 3.53. The monoisotopic (exact) mass is 232 g/mol. The number of benzene rings is 1. The van der Waals surface area contributed by atoms with Crippen LogP contribution in [-0.2, 0) is 0 Å². The summed E-state index contributed by atoms with van der Waals surface area (Å²) in [6.45, 7) is 4.75. The molecule has 2 heteroatoms. The van der Waals surface area contributed by atoms with E-state index in [0.29, 0.717) is 6.04 Å². The third kappa shape index (κ3) is 2.93. The van der Waals surface area contributed by atoms with Crippen molar-refractivity contribution in [2.24, 2.45) is 11.8 Å². The Bertz CT molecular complexity index is 348. The first-order valence-corrected chi connectivity index (χ1v) is 6.64. The summed E-state index contributed by atoms with van der Waals surface area (Å²) >= 11 is 0. The third-order valence-corrected chi connectivity index (χ3v) is 4.00. The van der Waals surface area contributed by atoms with Gasteiger partial charge in [-0.1, -0.05) is 13.8 Å². The Morgan fingerprint density at radius 3 is 2.06 bits per heavy atom. The maximum Gasteiger partial charge on any atom is 0.0367 e. The van der Waals surface area contributed by atoms with Crippen LogP contribution in [-0.4, -0.2) is 13.1 Å². The fourth-order valence-corrected chi connectivity index (χ4v) is 3.14. The molecule has 1 aromatic rings. The van der Waals surface area contributed by atoms with Gasteiger partial charge in [-0.2, -0.15) is 0 Å². The lowest BCUT2D eigenvalue weighted by Crippen LogP contribution is -2.38. The van der Waals surface area contributed by atoms with Crippen LogP contribution < -0.4 is 10.6 Å². The Morgan fingerprint density at radius 1 is 1.00 bits per heavy atom. The first-order valence-electron chi connectivity index (χ1n) is 6.64. The topological polar surface area (TPSA) is 29.3 Å². The molecule has 1 saturated carbocycles. The van der Waals surface area contributed by atoms with Gasteiger partial charge in [0.2, 0.25) is 0 Å². The number of hydrogen-bond donors (Lipinski definition) is 1. The fraction of sp³-hybridized carbons (Fsp3) is 0.600. The molecule has 0 amide bonds. The molecular weight excluding hydrogens is 208 g/mol. The lowest BCUT2D eigenvalue weighted by Gasteiger charge is -2.38. The average Bonchev–Trinajstić information content (AvgIpc) is 2.28. The van der Waals surface area contributed by atoms with Gasteiger partial charge in [0, 0.05) is 24.5 Å². The quantitative estimate of drug-likeness (QED) is 0.790. The first-order chi connectivity index (χ1) is 8.06. The van der Waals surface area contributed by atoms with Gasteiger partial charge in [0.15, 0.2) is 0 Å². The van der Waals surface area contributed by atoms with Crippen molar-refractivity contribution >= 4 is 11.4 Å². The van der Waals surface area contributed by atoms with Crippen molar-refractivity contribution in [3.8, 4) is 0 Å². The average molecular weight is 232 g/mol. The van der Waals surface area contributed by atoms with Gasteiger partial charge in [0.05, 0.1) is 0 Å². The highest BCUT2D eigenvalue weighted by molar-refractivity contribution is 5.53. The molecule has 2 rings (SSSR count). The van der Waals surface area contributed by atoms with E-state index >= 15 is 0 Å². The predicted molar refractivity (Wildman–Crippen MR) is 75.2 cm³/mol. The molecule has 94 valence electrons. The molecule has 0 aromatic heterocycles. The van der Waals surface area contributed by atoms with Crippen molar-refractivity contribution in [3.63, 3.8) is 0 Å². The van der Waals surface area contributed by atoms with E-state index in [1.165, 1.54) is 24.9 Å². The molecule has 0 heterocycles. The maximum atomic E-state index is 5.73.